The SMILES string of the molecule is Cc1ccc(F)cc1[C@@H]1NC(=O)C[C@H](c2cccc(Cl)c2)[C@@]12C(=O)Nc1cc(Cl)ccc12. The van der Waals surface area contributed by atoms with Crippen LogP contribution < -0.4 is 10.6 Å². The third-order valence-corrected chi connectivity index (χ3v) is 7.02. The molecule has 4 nitrogen and oxygen atoms in total. The van der Waals surface area contributed by atoms with Gasteiger partial charge in [-0.3, -0.25) is 9.59 Å². The molecule has 2 aliphatic heterocycles. The molecule has 2 aliphatic rings. The molecule has 0 radical (unpaired) electrons. The predicted octanol–water partition coefficient (Wildman–Crippen LogP) is 5.68. The molecule has 7 heteroatoms. The Morgan fingerprint density at radius 2 is 1.78 bits per heavy atom. The van der Waals surface area contributed by atoms with Gasteiger partial charge in [0.2, 0.25) is 11.8 Å². The number of anilines is 1. The molecule has 3 aromatic rings. The summed E-state index contributed by atoms with van der Waals surface area (Å²) in [5, 5.41) is 6.96. The van der Waals surface area contributed by atoms with Gasteiger partial charge in [-0.1, -0.05) is 47.5 Å². The fourth-order valence-corrected chi connectivity index (χ4v) is 5.56. The maximum absolute atomic E-state index is 14.3. The van der Waals surface area contributed by atoms with Crippen LogP contribution in [0.5, 0.6) is 0 Å². The largest absolute Gasteiger partial charge is 0.348 e. The Hall–Kier alpha value is -2.89. The number of carbonyl (C=O) groups is 2. The van der Waals surface area contributed by atoms with Crippen molar-refractivity contribution in [2.75, 3.05) is 5.32 Å². The minimum absolute atomic E-state index is 0.0840. The fourth-order valence-electron chi connectivity index (χ4n) is 5.19. The first-order chi connectivity index (χ1) is 15.3. The summed E-state index contributed by atoms with van der Waals surface area (Å²) < 4.78 is 14.3. The molecule has 32 heavy (non-hydrogen) atoms. The van der Waals surface area contributed by atoms with E-state index in [1.807, 2.05) is 19.1 Å². The third-order valence-electron chi connectivity index (χ3n) is 6.55. The number of rotatable bonds is 2. The number of hydrogen-bond acceptors (Lipinski definition) is 2. The molecule has 0 aliphatic carbocycles. The Morgan fingerprint density at radius 3 is 2.56 bits per heavy atom. The lowest BCUT2D eigenvalue weighted by atomic mass is 9.59. The van der Waals surface area contributed by atoms with Crippen LogP contribution in [0.15, 0.2) is 60.7 Å². The second-order valence-corrected chi connectivity index (χ2v) is 9.20. The van der Waals surface area contributed by atoms with Gasteiger partial charge in [-0.2, -0.15) is 0 Å². The molecule has 5 rings (SSSR count). The van der Waals surface area contributed by atoms with Crippen molar-refractivity contribution in [1.82, 2.24) is 5.32 Å². The van der Waals surface area contributed by atoms with Gasteiger partial charge in [0.1, 0.15) is 11.2 Å². The topological polar surface area (TPSA) is 58.2 Å². The molecule has 3 atom stereocenters. The van der Waals surface area contributed by atoms with E-state index in [0.29, 0.717) is 26.9 Å². The molecular weight excluding hydrogens is 450 g/mol. The summed E-state index contributed by atoms with van der Waals surface area (Å²) in [4.78, 5) is 26.8. The molecule has 3 aromatic carbocycles. The van der Waals surface area contributed by atoms with Gasteiger partial charge < -0.3 is 10.6 Å². The van der Waals surface area contributed by atoms with Crippen molar-refractivity contribution in [3.8, 4) is 0 Å². The number of carbonyl (C=O) groups excluding carboxylic acids is 2. The van der Waals surface area contributed by atoms with E-state index in [9.17, 15) is 14.0 Å². The Bertz CT molecular complexity index is 1280. The van der Waals surface area contributed by atoms with E-state index in [2.05, 4.69) is 10.6 Å². The Kier molecular flexibility index (Phi) is 4.99. The summed E-state index contributed by atoms with van der Waals surface area (Å²) in [5.41, 5.74) is 2.19. The lowest BCUT2D eigenvalue weighted by Gasteiger charge is -2.46. The Balaban J connectivity index is 1.83. The maximum Gasteiger partial charge on any atom is 0.238 e. The molecule has 2 heterocycles. The van der Waals surface area contributed by atoms with Gasteiger partial charge in [0.25, 0.3) is 0 Å². The molecule has 1 saturated heterocycles. The highest BCUT2D eigenvalue weighted by atomic mass is 35.5. The Morgan fingerprint density at radius 1 is 1.00 bits per heavy atom. The zero-order valence-electron chi connectivity index (χ0n) is 17.1. The lowest BCUT2D eigenvalue weighted by molar-refractivity contribution is -0.131. The van der Waals surface area contributed by atoms with Gasteiger partial charge in [-0.05, 0) is 65.6 Å². The third kappa shape index (κ3) is 3.11. The van der Waals surface area contributed by atoms with E-state index in [1.165, 1.54) is 12.1 Å². The highest BCUT2D eigenvalue weighted by molar-refractivity contribution is 6.31. The van der Waals surface area contributed by atoms with Gasteiger partial charge in [0.05, 0.1) is 6.04 Å². The quantitative estimate of drug-likeness (QED) is 0.508. The molecular formula is C25H19Cl2FN2O2. The van der Waals surface area contributed by atoms with E-state index in [1.54, 1.807) is 36.4 Å². The lowest BCUT2D eigenvalue weighted by Crippen LogP contribution is -2.57. The summed E-state index contributed by atoms with van der Waals surface area (Å²) in [5.74, 6) is -1.45. The van der Waals surface area contributed by atoms with Crippen LogP contribution in [0.3, 0.4) is 0 Å². The number of fused-ring (bicyclic) bond motifs is 2. The van der Waals surface area contributed by atoms with Crippen molar-refractivity contribution in [2.45, 2.75) is 30.7 Å². The van der Waals surface area contributed by atoms with Crippen molar-refractivity contribution in [3.63, 3.8) is 0 Å². The first-order valence-electron chi connectivity index (χ1n) is 10.2. The molecule has 0 unspecified atom stereocenters. The van der Waals surface area contributed by atoms with Crippen LogP contribution in [0.2, 0.25) is 10.0 Å². The van der Waals surface area contributed by atoms with E-state index < -0.39 is 23.2 Å². The number of amides is 2. The second kappa shape index (κ2) is 7.61. The highest BCUT2D eigenvalue weighted by Gasteiger charge is 2.61. The molecule has 0 saturated carbocycles. The van der Waals surface area contributed by atoms with Crippen LogP contribution in [-0.4, -0.2) is 11.8 Å². The van der Waals surface area contributed by atoms with Crippen LogP contribution in [0.1, 0.15) is 40.6 Å². The standard InChI is InChI=1S/C25H19Cl2FN2O2/c1-13-5-7-17(28)11-18(13)23-25(19-8-6-16(27)10-21(19)29-24(25)32)20(12-22(31)30-23)14-3-2-4-15(26)9-14/h2-11,20,23H,12H2,1H3,(H,29,32)(H,30,31)/t20-,23+,25-/m1/s1. The highest BCUT2D eigenvalue weighted by Crippen LogP contribution is 2.57. The molecule has 2 amide bonds. The van der Waals surface area contributed by atoms with Crippen LogP contribution in [0, 0.1) is 12.7 Å². The zero-order valence-corrected chi connectivity index (χ0v) is 18.6. The number of nitrogens with one attached hydrogen (secondary N) is 2. The summed E-state index contributed by atoms with van der Waals surface area (Å²) in [7, 11) is 0. The van der Waals surface area contributed by atoms with E-state index >= 15 is 0 Å². The first-order valence-corrected chi connectivity index (χ1v) is 11.0. The minimum Gasteiger partial charge on any atom is -0.348 e. The summed E-state index contributed by atoms with van der Waals surface area (Å²) in [6, 6.07) is 16.1. The van der Waals surface area contributed by atoms with E-state index in [4.69, 9.17) is 23.2 Å². The van der Waals surface area contributed by atoms with Crippen molar-refractivity contribution in [3.05, 3.63) is 98.8 Å². The second-order valence-electron chi connectivity index (χ2n) is 8.33. The zero-order chi connectivity index (χ0) is 22.6. The number of aryl methyl sites for hydroxylation is 1. The van der Waals surface area contributed by atoms with Gasteiger partial charge in [0.15, 0.2) is 0 Å². The van der Waals surface area contributed by atoms with Crippen LogP contribution in [0.25, 0.3) is 0 Å². The first kappa shape index (κ1) is 21.0. The number of benzene rings is 3. The minimum atomic E-state index is -1.21. The smallest absolute Gasteiger partial charge is 0.238 e. The van der Waals surface area contributed by atoms with Gasteiger partial charge in [-0.25, -0.2) is 4.39 Å². The van der Waals surface area contributed by atoms with Crippen molar-refractivity contribution < 1.29 is 14.0 Å². The number of halogens is 3. The van der Waals surface area contributed by atoms with Gasteiger partial charge in [0, 0.05) is 28.1 Å². The van der Waals surface area contributed by atoms with Crippen LogP contribution in [-0.2, 0) is 15.0 Å². The Labute approximate surface area is 194 Å². The van der Waals surface area contributed by atoms with E-state index in [-0.39, 0.29) is 18.2 Å². The van der Waals surface area contributed by atoms with Crippen molar-refractivity contribution >= 4 is 40.7 Å². The molecule has 0 aromatic heterocycles. The molecule has 1 fully saturated rings. The summed E-state index contributed by atoms with van der Waals surface area (Å²) in [6.07, 6.45) is 0.0840. The summed E-state index contributed by atoms with van der Waals surface area (Å²) in [6.45, 7) is 1.84. The molecule has 1 spiro atoms. The summed E-state index contributed by atoms with van der Waals surface area (Å²) >= 11 is 12.5. The average Bonchev–Trinajstić information content (AvgIpc) is 3.02. The van der Waals surface area contributed by atoms with Crippen molar-refractivity contribution in [1.29, 1.82) is 0 Å². The predicted molar refractivity (Wildman–Crippen MR) is 123 cm³/mol. The fraction of sp³-hybridized carbons (Fsp3) is 0.200. The molecule has 0 bridgehead atoms. The van der Waals surface area contributed by atoms with Gasteiger partial charge >= 0.3 is 0 Å². The maximum atomic E-state index is 14.3. The van der Waals surface area contributed by atoms with Crippen LogP contribution >= 0.6 is 23.2 Å². The average molecular weight is 469 g/mol. The van der Waals surface area contributed by atoms with Crippen LogP contribution in [0.4, 0.5) is 10.1 Å². The number of piperidine rings is 1. The molecule has 162 valence electrons. The van der Waals surface area contributed by atoms with Gasteiger partial charge in [-0.15, -0.1) is 0 Å². The van der Waals surface area contributed by atoms with Crippen molar-refractivity contribution in [2.24, 2.45) is 0 Å². The van der Waals surface area contributed by atoms with E-state index in [0.717, 1.165) is 11.1 Å². The normalized spacial score (nSPS) is 24.2. The number of hydrogen-bond donors (Lipinski definition) is 2. The molecule has 2 N–H and O–H groups in total. The monoisotopic (exact) mass is 468 g/mol.